The van der Waals surface area contributed by atoms with Crippen LogP contribution in [0, 0.1) is 6.92 Å². The maximum atomic E-state index is 13.0. The number of phenolic OH excluding ortho intramolecular Hbond substituents is 2. The molecule has 1 aliphatic rings. The number of aliphatic hydroxyl groups excluding tert-OH is 1. The number of aromatic hydroxyl groups is 2. The van der Waals surface area contributed by atoms with E-state index >= 15 is 0 Å². The summed E-state index contributed by atoms with van der Waals surface area (Å²) in [6.07, 6.45) is 0. The Balaban J connectivity index is 1.94. The molecule has 0 aliphatic carbocycles. The van der Waals surface area contributed by atoms with Gasteiger partial charge in [-0.05, 0) is 42.3 Å². The number of ether oxygens (including phenoxy) is 1. The molecule has 30 heavy (non-hydrogen) atoms. The number of phenols is 2. The van der Waals surface area contributed by atoms with Crippen molar-refractivity contribution in [1.82, 2.24) is 15.1 Å². The number of β-amino-alcohol motifs (C(OH)–C–C–N with tert-alkyl or cyclic N) is 1. The van der Waals surface area contributed by atoms with Crippen LogP contribution in [0.3, 0.4) is 0 Å². The number of carbonyl (C=O) groups is 1. The first kappa shape index (κ1) is 20.1. The van der Waals surface area contributed by atoms with Crippen molar-refractivity contribution in [2.45, 2.75) is 13.0 Å². The lowest BCUT2D eigenvalue weighted by Crippen LogP contribution is -2.32. The third-order valence-corrected chi connectivity index (χ3v) is 5.66. The van der Waals surface area contributed by atoms with Crippen molar-refractivity contribution in [1.29, 1.82) is 0 Å². The molecule has 1 unspecified atom stereocenters. The monoisotopic (exact) mass is 429 g/mol. The number of nitrogens with zero attached hydrogens (tertiary/aromatic N) is 2. The predicted octanol–water partition coefficient (Wildman–Crippen LogP) is 3.00. The zero-order valence-electron chi connectivity index (χ0n) is 16.3. The van der Waals surface area contributed by atoms with Crippen LogP contribution in [0.25, 0.3) is 11.3 Å². The van der Waals surface area contributed by atoms with Gasteiger partial charge in [0.2, 0.25) is 0 Å². The number of aryl methyl sites for hydroxylation is 1. The lowest BCUT2D eigenvalue weighted by molar-refractivity contribution is 0.0706. The number of fused-ring (bicyclic) bond motifs is 1. The number of halogens is 1. The van der Waals surface area contributed by atoms with E-state index in [2.05, 4.69) is 10.2 Å². The van der Waals surface area contributed by atoms with Gasteiger partial charge < -0.3 is 25.0 Å². The van der Waals surface area contributed by atoms with Crippen molar-refractivity contribution >= 4 is 17.5 Å². The second kappa shape index (κ2) is 7.55. The molecule has 2 heterocycles. The van der Waals surface area contributed by atoms with Crippen LogP contribution in [-0.2, 0) is 0 Å². The molecule has 0 fully saturated rings. The minimum Gasteiger partial charge on any atom is -0.507 e. The molecular formula is C21H20ClN3O5. The number of carbonyl (C=O) groups excluding carboxylic acids is 1. The summed E-state index contributed by atoms with van der Waals surface area (Å²) in [5.41, 5.74) is 2.96. The van der Waals surface area contributed by atoms with Gasteiger partial charge in [-0.2, -0.15) is 5.10 Å². The molecule has 156 valence electrons. The third-order valence-electron chi connectivity index (χ3n) is 5.26. The van der Waals surface area contributed by atoms with Crippen LogP contribution in [0.1, 0.15) is 33.2 Å². The predicted molar refractivity (Wildman–Crippen MR) is 110 cm³/mol. The van der Waals surface area contributed by atoms with E-state index in [-0.39, 0.29) is 42.0 Å². The molecule has 0 saturated heterocycles. The Morgan fingerprint density at radius 3 is 2.70 bits per heavy atom. The average molecular weight is 430 g/mol. The maximum absolute atomic E-state index is 13.0. The number of hydrogen-bond acceptors (Lipinski definition) is 6. The van der Waals surface area contributed by atoms with Gasteiger partial charge in [0.05, 0.1) is 19.8 Å². The number of benzene rings is 2. The lowest BCUT2D eigenvalue weighted by atomic mass is 9.95. The van der Waals surface area contributed by atoms with Crippen molar-refractivity contribution in [2.24, 2.45) is 0 Å². The normalized spacial score (nSPS) is 15.5. The molecule has 0 radical (unpaired) electrons. The van der Waals surface area contributed by atoms with Crippen LogP contribution in [-0.4, -0.2) is 56.6 Å². The molecule has 1 aromatic heterocycles. The molecular weight excluding hydrogens is 410 g/mol. The Labute approximate surface area is 177 Å². The van der Waals surface area contributed by atoms with Crippen molar-refractivity contribution in [3.8, 4) is 28.5 Å². The molecule has 4 rings (SSSR count). The Bertz CT molecular complexity index is 1140. The number of aromatic amines is 1. The van der Waals surface area contributed by atoms with Gasteiger partial charge in [-0.25, -0.2) is 0 Å². The van der Waals surface area contributed by atoms with E-state index in [9.17, 15) is 20.1 Å². The average Bonchev–Trinajstić information content (AvgIpc) is 3.25. The Kier molecular flexibility index (Phi) is 5.05. The first-order valence-electron chi connectivity index (χ1n) is 9.23. The molecule has 3 aromatic rings. The Morgan fingerprint density at radius 2 is 2.00 bits per heavy atom. The summed E-state index contributed by atoms with van der Waals surface area (Å²) in [5.74, 6) is -0.118. The number of H-pyrrole nitrogens is 1. The van der Waals surface area contributed by atoms with Crippen molar-refractivity contribution in [3.05, 3.63) is 57.7 Å². The molecule has 0 saturated carbocycles. The van der Waals surface area contributed by atoms with E-state index in [0.717, 1.165) is 0 Å². The first-order valence-corrected chi connectivity index (χ1v) is 9.61. The Morgan fingerprint density at radius 1 is 1.23 bits per heavy atom. The van der Waals surface area contributed by atoms with Gasteiger partial charge in [0.25, 0.3) is 5.91 Å². The summed E-state index contributed by atoms with van der Waals surface area (Å²) in [6.45, 7) is 1.64. The molecule has 1 aliphatic heterocycles. The maximum Gasteiger partial charge on any atom is 0.273 e. The highest BCUT2D eigenvalue weighted by Gasteiger charge is 2.42. The van der Waals surface area contributed by atoms with Crippen molar-refractivity contribution < 1.29 is 24.9 Å². The summed E-state index contributed by atoms with van der Waals surface area (Å²) >= 11 is 6.27. The van der Waals surface area contributed by atoms with Crippen LogP contribution >= 0.6 is 11.6 Å². The number of nitrogens with one attached hydrogen (secondary N) is 1. The number of hydrogen-bond donors (Lipinski definition) is 4. The van der Waals surface area contributed by atoms with Crippen molar-refractivity contribution in [2.75, 3.05) is 20.3 Å². The third kappa shape index (κ3) is 3.05. The summed E-state index contributed by atoms with van der Waals surface area (Å²) in [6, 6.07) is 7.32. The highest BCUT2D eigenvalue weighted by molar-refractivity contribution is 6.31. The minimum atomic E-state index is -0.609. The van der Waals surface area contributed by atoms with Crippen LogP contribution in [0.2, 0.25) is 5.02 Å². The summed E-state index contributed by atoms with van der Waals surface area (Å²) in [7, 11) is 1.44. The fourth-order valence-electron chi connectivity index (χ4n) is 3.81. The van der Waals surface area contributed by atoms with E-state index in [1.165, 1.54) is 18.1 Å². The van der Waals surface area contributed by atoms with E-state index in [4.69, 9.17) is 16.3 Å². The zero-order chi connectivity index (χ0) is 21.6. The second-order valence-corrected chi connectivity index (χ2v) is 7.44. The van der Waals surface area contributed by atoms with Gasteiger partial charge in [-0.1, -0.05) is 17.7 Å². The number of aromatic nitrogens is 2. The van der Waals surface area contributed by atoms with Crippen molar-refractivity contribution in [3.63, 3.8) is 0 Å². The van der Waals surface area contributed by atoms with Gasteiger partial charge in [0.15, 0.2) is 11.5 Å². The number of methoxy groups -OCH3 is 1. The molecule has 0 spiro atoms. The Hall–Kier alpha value is -3.23. The first-order chi connectivity index (χ1) is 14.4. The highest BCUT2D eigenvalue weighted by Crippen LogP contribution is 2.46. The molecule has 8 nitrogen and oxygen atoms in total. The zero-order valence-corrected chi connectivity index (χ0v) is 17.1. The summed E-state index contributed by atoms with van der Waals surface area (Å²) in [4.78, 5) is 14.5. The van der Waals surface area contributed by atoms with Gasteiger partial charge >= 0.3 is 0 Å². The topological polar surface area (TPSA) is 119 Å². The van der Waals surface area contributed by atoms with E-state index in [0.29, 0.717) is 33.0 Å². The number of aliphatic hydroxyl groups is 1. The fraction of sp³-hybridized carbons (Fsp3) is 0.238. The molecule has 4 N–H and O–H groups in total. The van der Waals surface area contributed by atoms with Crippen LogP contribution < -0.4 is 4.74 Å². The molecule has 2 aromatic carbocycles. The number of amides is 1. The minimum absolute atomic E-state index is 0.0127. The number of rotatable bonds is 5. The quantitative estimate of drug-likeness (QED) is 0.495. The van der Waals surface area contributed by atoms with E-state index in [1.54, 1.807) is 31.2 Å². The van der Waals surface area contributed by atoms with Gasteiger partial charge in [-0.3, -0.25) is 9.89 Å². The highest BCUT2D eigenvalue weighted by atomic mass is 35.5. The summed E-state index contributed by atoms with van der Waals surface area (Å²) in [5, 5.41) is 37.5. The fourth-order valence-corrected chi connectivity index (χ4v) is 3.97. The van der Waals surface area contributed by atoms with Crippen LogP contribution in [0.5, 0.6) is 17.2 Å². The SMILES string of the molecule is COc1cc(C2c3c(-c4cc(Cl)c(C)cc4O)n[nH]c3C(=O)N2CCO)ccc1O. The smallest absolute Gasteiger partial charge is 0.273 e. The largest absolute Gasteiger partial charge is 0.507 e. The molecule has 0 bridgehead atoms. The van der Waals surface area contributed by atoms with Gasteiger partial charge in [-0.15, -0.1) is 0 Å². The summed E-state index contributed by atoms with van der Waals surface area (Å²) < 4.78 is 5.22. The standard InChI is InChI=1S/C21H20ClN3O5/c1-10-7-15(28)12(9-13(10)22)18-17-19(24-23-18)21(29)25(5-6-26)20(17)11-3-4-14(27)16(8-11)30-2/h3-4,7-9,20,26-28H,5-6H2,1-2H3,(H,23,24). The van der Waals surface area contributed by atoms with E-state index in [1.807, 2.05) is 0 Å². The van der Waals surface area contributed by atoms with E-state index < -0.39 is 6.04 Å². The molecule has 1 amide bonds. The molecule has 1 atom stereocenters. The van der Waals surface area contributed by atoms with Crippen LogP contribution in [0.4, 0.5) is 0 Å². The van der Waals surface area contributed by atoms with Gasteiger partial charge in [0.1, 0.15) is 17.1 Å². The van der Waals surface area contributed by atoms with Gasteiger partial charge in [0, 0.05) is 22.7 Å². The lowest BCUT2D eigenvalue weighted by Gasteiger charge is -2.26. The second-order valence-electron chi connectivity index (χ2n) is 7.04. The van der Waals surface area contributed by atoms with Crippen LogP contribution in [0.15, 0.2) is 30.3 Å². The molecule has 9 heteroatoms.